The monoisotopic (exact) mass is 294 g/mol. The zero-order valence-electron chi connectivity index (χ0n) is 12.8. The summed E-state index contributed by atoms with van der Waals surface area (Å²) in [6.45, 7) is 7.32. The number of nitrogens with one attached hydrogen (secondary N) is 1. The average molecular weight is 294 g/mol. The van der Waals surface area contributed by atoms with E-state index in [4.69, 9.17) is 0 Å². The molecule has 0 radical (unpaired) electrons. The number of hydrogen-bond donors (Lipinski definition) is 2. The first-order valence-electron chi connectivity index (χ1n) is 7.37. The molecule has 1 fully saturated rings. The minimum absolute atomic E-state index is 0.282. The Morgan fingerprint density at radius 1 is 1.48 bits per heavy atom. The van der Waals surface area contributed by atoms with Crippen molar-refractivity contribution in [2.24, 2.45) is 0 Å². The van der Waals surface area contributed by atoms with Crippen molar-refractivity contribution in [2.75, 3.05) is 13.1 Å². The third kappa shape index (κ3) is 3.80. The van der Waals surface area contributed by atoms with Gasteiger partial charge in [-0.25, -0.2) is 4.39 Å². The number of piperidine rings is 1. The molecule has 1 aromatic rings. The van der Waals surface area contributed by atoms with Gasteiger partial charge in [-0.3, -0.25) is 9.69 Å². The van der Waals surface area contributed by atoms with E-state index in [0.29, 0.717) is 24.6 Å². The van der Waals surface area contributed by atoms with Gasteiger partial charge in [-0.1, -0.05) is 6.07 Å². The number of nitrogens with zero attached hydrogens (tertiary/aromatic N) is 1. The molecule has 1 heterocycles. The summed E-state index contributed by atoms with van der Waals surface area (Å²) in [5.74, 6) is -0.755. The first-order valence-corrected chi connectivity index (χ1v) is 7.37. The van der Waals surface area contributed by atoms with Crippen LogP contribution in [0.1, 0.15) is 36.2 Å². The van der Waals surface area contributed by atoms with Crippen molar-refractivity contribution in [3.8, 4) is 0 Å². The summed E-state index contributed by atoms with van der Waals surface area (Å²) < 4.78 is 13.3. The maximum absolute atomic E-state index is 13.3. The van der Waals surface area contributed by atoms with Gasteiger partial charge in [-0.05, 0) is 44.9 Å². The van der Waals surface area contributed by atoms with Gasteiger partial charge in [0, 0.05) is 24.7 Å². The van der Waals surface area contributed by atoms with Crippen LogP contribution in [0.5, 0.6) is 0 Å². The fourth-order valence-corrected chi connectivity index (χ4v) is 2.68. The molecule has 5 heteroatoms. The van der Waals surface area contributed by atoms with Crippen LogP contribution in [0.15, 0.2) is 18.2 Å². The fraction of sp³-hybridized carbons (Fsp3) is 0.562. The molecule has 1 amide bonds. The lowest BCUT2D eigenvalue weighted by Crippen LogP contribution is -2.55. The van der Waals surface area contributed by atoms with Crippen LogP contribution < -0.4 is 5.32 Å². The Kier molecular flexibility index (Phi) is 4.96. The Bertz CT molecular complexity index is 519. The minimum Gasteiger partial charge on any atom is -0.390 e. The second-order valence-corrected chi connectivity index (χ2v) is 5.98. The minimum atomic E-state index is -0.598. The molecule has 2 N–H and O–H groups in total. The Morgan fingerprint density at radius 3 is 2.81 bits per heavy atom. The lowest BCUT2D eigenvalue weighted by Gasteiger charge is -2.38. The third-order valence-corrected chi connectivity index (χ3v) is 4.10. The zero-order chi connectivity index (χ0) is 15.6. The number of β-amino-alcohol motifs (C(OH)–C–C–N with tert-alkyl or cyclic N) is 1. The SMILES string of the molecule is Cc1ccc(F)cc1C(=O)NC1CCN(C(C)C)CC1O. The summed E-state index contributed by atoms with van der Waals surface area (Å²) in [6.07, 6.45) is 0.0957. The Labute approximate surface area is 125 Å². The molecular formula is C16H23FN2O2. The van der Waals surface area contributed by atoms with Crippen LogP contribution in [0.25, 0.3) is 0 Å². The van der Waals surface area contributed by atoms with Gasteiger partial charge in [-0.2, -0.15) is 0 Å². The highest BCUT2D eigenvalue weighted by molar-refractivity contribution is 5.95. The number of likely N-dealkylation sites (tertiary alicyclic amines) is 1. The average Bonchev–Trinajstić information content (AvgIpc) is 2.43. The van der Waals surface area contributed by atoms with E-state index in [-0.39, 0.29) is 11.9 Å². The number of aliphatic hydroxyl groups excluding tert-OH is 1. The van der Waals surface area contributed by atoms with Gasteiger partial charge in [0.15, 0.2) is 0 Å². The Balaban J connectivity index is 2.02. The molecule has 2 unspecified atom stereocenters. The number of rotatable bonds is 3. The number of benzene rings is 1. The van der Waals surface area contributed by atoms with E-state index < -0.39 is 11.9 Å². The number of aliphatic hydroxyl groups is 1. The van der Waals surface area contributed by atoms with Gasteiger partial charge >= 0.3 is 0 Å². The van der Waals surface area contributed by atoms with Crippen LogP contribution in [-0.2, 0) is 0 Å². The fourth-order valence-electron chi connectivity index (χ4n) is 2.68. The molecule has 0 saturated carbocycles. The number of aryl methyl sites for hydroxylation is 1. The van der Waals surface area contributed by atoms with Gasteiger partial charge in [0.1, 0.15) is 5.82 Å². The van der Waals surface area contributed by atoms with E-state index >= 15 is 0 Å². The van der Waals surface area contributed by atoms with Crippen molar-refractivity contribution in [1.82, 2.24) is 10.2 Å². The Morgan fingerprint density at radius 2 is 2.19 bits per heavy atom. The van der Waals surface area contributed by atoms with Crippen molar-refractivity contribution in [2.45, 2.75) is 45.4 Å². The van der Waals surface area contributed by atoms with Crippen LogP contribution in [0.4, 0.5) is 4.39 Å². The van der Waals surface area contributed by atoms with Crippen LogP contribution in [-0.4, -0.2) is 47.2 Å². The molecule has 4 nitrogen and oxygen atoms in total. The quantitative estimate of drug-likeness (QED) is 0.892. The maximum Gasteiger partial charge on any atom is 0.251 e. The Hall–Kier alpha value is -1.46. The summed E-state index contributed by atoms with van der Waals surface area (Å²) >= 11 is 0. The molecule has 116 valence electrons. The first kappa shape index (κ1) is 15.9. The van der Waals surface area contributed by atoms with E-state index in [9.17, 15) is 14.3 Å². The number of amides is 1. The van der Waals surface area contributed by atoms with E-state index in [1.807, 2.05) is 0 Å². The number of carbonyl (C=O) groups excluding carboxylic acids is 1. The normalized spacial score (nSPS) is 23.3. The topological polar surface area (TPSA) is 52.6 Å². The molecule has 2 atom stereocenters. The highest BCUT2D eigenvalue weighted by Crippen LogP contribution is 2.16. The largest absolute Gasteiger partial charge is 0.390 e. The summed E-state index contributed by atoms with van der Waals surface area (Å²) in [5, 5.41) is 13.0. The lowest BCUT2D eigenvalue weighted by atomic mass is 9.99. The summed E-state index contributed by atoms with van der Waals surface area (Å²) in [6, 6.07) is 4.25. The number of carbonyl (C=O) groups is 1. The second-order valence-electron chi connectivity index (χ2n) is 5.98. The van der Waals surface area contributed by atoms with Gasteiger partial charge in [0.2, 0.25) is 0 Å². The van der Waals surface area contributed by atoms with Crippen molar-refractivity contribution < 1.29 is 14.3 Å². The summed E-state index contributed by atoms with van der Waals surface area (Å²) in [7, 11) is 0. The lowest BCUT2D eigenvalue weighted by molar-refractivity contribution is 0.0263. The van der Waals surface area contributed by atoms with Crippen LogP contribution in [0, 0.1) is 12.7 Å². The van der Waals surface area contributed by atoms with E-state index in [1.54, 1.807) is 13.0 Å². The standard InChI is InChI=1S/C16H23FN2O2/c1-10(2)19-7-6-14(15(20)9-19)18-16(21)13-8-12(17)5-4-11(13)3/h4-5,8,10,14-15,20H,6-7,9H2,1-3H3,(H,18,21). The van der Waals surface area contributed by atoms with Crippen molar-refractivity contribution in [3.63, 3.8) is 0 Å². The molecule has 0 bridgehead atoms. The maximum atomic E-state index is 13.3. The molecular weight excluding hydrogens is 271 g/mol. The highest BCUT2D eigenvalue weighted by Gasteiger charge is 2.30. The van der Waals surface area contributed by atoms with Gasteiger partial charge in [0.05, 0.1) is 12.1 Å². The van der Waals surface area contributed by atoms with Crippen molar-refractivity contribution >= 4 is 5.91 Å². The molecule has 2 rings (SSSR count). The van der Waals surface area contributed by atoms with Crippen LogP contribution >= 0.6 is 0 Å². The van der Waals surface area contributed by atoms with Crippen LogP contribution in [0.3, 0.4) is 0 Å². The summed E-state index contributed by atoms with van der Waals surface area (Å²) in [4.78, 5) is 14.4. The van der Waals surface area contributed by atoms with Gasteiger partial charge < -0.3 is 10.4 Å². The second kappa shape index (κ2) is 6.54. The number of hydrogen-bond acceptors (Lipinski definition) is 3. The van der Waals surface area contributed by atoms with Crippen LogP contribution in [0.2, 0.25) is 0 Å². The predicted molar refractivity (Wildman–Crippen MR) is 79.7 cm³/mol. The first-order chi connectivity index (χ1) is 9.88. The smallest absolute Gasteiger partial charge is 0.251 e. The predicted octanol–water partition coefficient (Wildman–Crippen LogP) is 1.71. The molecule has 1 aliphatic rings. The van der Waals surface area contributed by atoms with E-state index in [2.05, 4.69) is 24.1 Å². The molecule has 1 aliphatic heterocycles. The number of halogens is 1. The van der Waals surface area contributed by atoms with E-state index in [1.165, 1.54) is 12.1 Å². The molecule has 1 saturated heterocycles. The van der Waals surface area contributed by atoms with Gasteiger partial charge in [0.25, 0.3) is 5.91 Å². The molecule has 1 aromatic carbocycles. The molecule has 0 aromatic heterocycles. The summed E-state index contributed by atoms with van der Waals surface area (Å²) in [5.41, 5.74) is 1.05. The molecule has 21 heavy (non-hydrogen) atoms. The van der Waals surface area contributed by atoms with E-state index in [0.717, 1.165) is 12.1 Å². The molecule has 0 spiro atoms. The zero-order valence-corrected chi connectivity index (χ0v) is 12.8. The highest BCUT2D eigenvalue weighted by atomic mass is 19.1. The molecule has 0 aliphatic carbocycles. The third-order valence-electron chi connectivity index (χ3n) is 4.10. The van der Waals surface area contributed by atoms with Gasteiger partial charge in [-0.15, -0.1) is 0 Å². The van der Waals surface area contributed by atoms with Crippen molar-refractivity contribution in [3.05, 3.63) is 35.1 Å². The van der Waals surface area contributed by atoms with Crippen molar-refractivity contribution in [1.29, 1.82) is 0 Å².